The fourth-order valence-corrected chi connectivity index (χ4v) is 5.65. The van der Waals surface area contributed by atoms with Crippen LogP contribution in [0.1, 0.15) is 46.7 Å². The minimum Gasteiger partial charge on any atom is -0.497 e. The smallest absolute Gasteiger partial charge is 0.220 e. The zero-order valence-corrected chi connectivity index (χ0v) is 24.4. The molecule has 0 radical (unpaired) electrons. The van der Waals surface area contributed by atoms with Crippen LogP contribution < -0.4 is 14.8 Å². The number of ether oxygens (including phenoxy) is 2. The highest BCUT2D eigenvalue weighted by Gasteiger charge is 2.32. The lowest BCUT2D eigenvalue weighted by atomic mass is 9.99. The Kier molecular flexibility index (Phi) is 9.90. The summed E-state index contributed by atoms with van der Waals surface area (Å²) < 4.78 is 11.3. The van der Waals surface area contributed by atoms with E-state index >= 15 is 0 Å². The normalized spacial score (nSPS) is 16.6. The molecule has 0 heterocycles. The molecule has 6 nitrogen and oxygen atoms in total. The Morgan fingerprint density at radius 3 is 2.29 bits per heavy atom. The van der Waals surface area contributed by atoms with Crippen LogP contribution in [0.15, 0.2) is 103 Å². The topological polar surface area (TPSA) is 71.0 Å². The van der Waals surface area contributed by atoms with Crippen LogP contribution in [0.25, 0.3) is 0 Å². The van der Waals surface area contributed by atoms with Gasteiger partial charge in [0.25, 0.3) is 0 Å². The molecule has 5 rings (SSSR count). The first-order valence-electron chi connectivity index (χ1n) is 14.6. The van der Waals surface area contributed by atoms with Gasteiger partial charge in [-0.2, -0.15) is 0 Å². The van der Waals surface area contributed by atoms with Gasteiger partial charge in [0.1, 0.15) is 18.1 Å². The standard InChI is InChI=1S/C36H40N2O4/c1-38(24-27-14-17-31(41-2)18-15-27)30(16-21-35(40)37-36-33-11-7-6-10-29(33)23-34(36)39)22-26-12-19-32(20-13-26)42-25-28-8-4-3-5-9-28/h3-15,17-20,30,34,36,39H,16,21-25H2,1-2H3,(H,37,40)/t30-,34+,36-/m1/s1. The number of aliphatic hydroxyl groups excluding tert-OH is 1. The van der Waals surface area contributed by atoms with E-state index in [1.807, 2.05) is 66.7 Å². The first-order chi connectivity index (χ1) is 20.5. The molecule has 1 amide bonds. The Bertz CT molecular complexity index is 1420. The van der Waals surface area contributed by atoms with Crippen molar-refractivity contribution in [2.24, 2.45) is 0 Å². The van der Waals surface area contributed by atoms with Crippen molar-refractivity contribution in [2.75, 3.05) is 14.2 Å². The van der Waals surface area contributed by atoms with Gasteiger partial charge in [0.05, 0.1) is 19.3 Å². The molecule has 0 saturated carbocycles. The van der Waals surface area contributed by atoms with E-state index in [1.165, 1.54) is 11.1 Å². The third kappa shape index (κ3) is 7.78. The molecule has 1 aliphatic rings. The number of hydrogen-bond acceptors (Lipinski definition) is 5. The molecule has 4 aromatic carbocycles. The van der Waals surface area contributed by atoms with E-state index in [2.05, 4.69) is 53.7 Å². The largest absolute Gasteiger partial charge is 0.497 e. The molecule has 42 heavy (non-hydrogen) atoms. The van der Waals surface area contributed by atoms with Gasteiger partial charge >= 0.3 is 0 Å². The van der Waals surface area contributed by atoms with Gasteiger partial charge < -0.3 is 19.9 Å². The number of amides is 1. The molecule has 0 aliphatic heterocycles. The highest BCUT2D eigenvalue weighted by molar-refractivity contribution is 5.76. The van der Waals surface area contributed by atoms with Crippen molar-refractivity contribution in [3.63, 3.8) is 0 Å². The summed E-state index contributed by atoms with van der Waals surface area (Å²) in [5, 5.41) is 13.7. The highest BCUT2D eigenvalue weighted by atomic mass is 16.5. The molecule has 0 saturated heterocycles. The van der Waals surface area contributed by atoms with Crippen LogP contribution in [-0.2, 0) is 30.8 Å². The predicted octanol–water partition coefficient (Wildman–Crippen LogP) is 5.87. The minimum absolute atomic E-state index is 0.0386. The lowest BCUT2D eigenvalue weighted by Crippen LogP contribution is -2.37. The second-order valence-electron chi connectivity index (χ2n) is 11.1. The molecular weight excluding hydrogens is 524 g/mol. The quantitative estimate of drug-likeness (QED) is 0.213. The molecule has 0 unspecified atom stereocenters. The van der Waals surface area contributed by atoms with Crippen LogP contribution in [0, 0.1) is 0 Å². The van der Waals surface area contributed by atoms with Gasteiger partial charge in [0.15, 0.2) is 0 Å². The Morgan fingerprint density at radius 2 is 1.55 bits per heavy atom. The Labute approximate surface area is 248 Å². The van der Waals surface area contributed by atoms with Crippen LogP contribution in [-0.4, -0.2) is 42.2 Å². The number of hydrogen-bond donors (Lipinski definition) is 2. The maximum absolute atomic E-state index is 13.1. The van der Waals surface area contributed by atoms with E-state index in [0.29, 0.717) is 25.9 Å². The summed E-state index contributed by atoms with van der Waals surface area (Å²) in [4.78, 5) is 15.4. The fourth-order valence-electron chi connectivity index (χ4n) is 5.65. The van der Waals surface area contributed by atoms with Crippen molar-refractivity contribution in [1.82, 2.24) is 10.2 Å². The van der Waals surface area contributed by atoms with Crippen molar-refractivity contribution < 1.29 is 19.4 Å². The molecule has 3 atom stereocenters. The molecule has 1 aliphatic carbocycles. The Hall–Kier alpha value is -4.13. The van der Waals surface area contributed by atoms with Crippen molar-refractivity contribution in [3.05, 3.63) is 131 Å². The van der Waals surface area contributed by atoms with Gasteiger partial charge in [-0.25, -0.2) is 0 Å². The second-order valence-corrected chi connectivity index (χ2v) is 11.1. The average Bonchev–Trinajstić information content (AvgIpc) is 3.34. The molecule has 6 heteroatoms. The summed E-state index contributed by atoms with van der Waals surface area (Å²) in [6.45, 7) is 1.28. The molecule has 0 fully saturated rings. The number of carbonyl (C=O) groups is 1. The summed E-state index contributed by atoms with van der Waals surface area (Å²) in [6, 6.07) is 34.2. The number of rotatable bonds is 13. The molecule has 2 N–H and O–H groups in total. The second kappa shape index (κ2) is 14.2. The fraction of sp³-hybridized carbons (Fsp3) is 0.306. The average molecular weight is 565 g/mol. The maximum atomic E-state index is 13.1. The summed E-state index contributed by atoms with van der Waals surface area (Å²) in [6.07, 6.45) is 1.84. The Morgan fingerprint density at radius 1 is 0.881 bits per heavy atom. The van der Waals surface area contributed by atoms with Crippen LogP contribution in [0.5, 0.6) is 11.5 Å². The number of methoxy groups -OCH3 is 1. The van der Waals surface area contributed by atoms with E-state index in [0.717, 1.165) is 41.2 Å². The van der Waals surface area contributed by atoms with Gasteiger partial charge in [-0.1, -0.05) is 78.9 Å². The number of fused-ring (bicyclic) bond motifs is 1. The summed E-state index contributed by atoms with van der Waals surface area (Å²) in [7, 11) is 3.78. The van der Waals surface area contributed by atoms with Gasteiger partial charge in [-0.15, -0.1) is 0 Å². The summed E-state index contributed by atoms with van der Waals surface area (Å²) in [5.41, 5.74) is 5.62. The molecule has 0 spiro atoms. The monoisotopic (exact) mass is 564 g/mol. The molecular formula is C36H40N2O4. The first kappa shape index (κ1) is 29.4. The number of nitrogens with zero attached hydrogens (tertiary/aromatic N) is 1. The number of aliphatic hydroxyl groups is 1. The van der Waals surface area contributed by atoms with E-state index in [4.69, 9.17) is 9.47 Å². The van der Waals surface area contributed by atoms with Gasteiger partial charge in [-0.05, 0) is 72.0 Å². The first-order valence-corrected chi connectivity index (χ1v) is 14.6. The van der Waals surface area contributed by atoms with Crippen molar-refractivity contribution in [2.45, 2.75) is 57.0 Å². The van der Waals surface area contributed by atoms with Crippen molar-refractivity contribution in [1.29, 1.82) is 0 Å². The lowest BCUT2D eigenvalue weighted by Gasteiger charge is -2.29. The van der Waals surface area contributed by atoms with Crippen LogP contribution >= 0.6 is 0 Å². The van der Waals surface area contributed by atoms with Gasteiger partial charge in [0.2, 0.25) is 5.91 Å². The molecule has 0 aromatic heterocycles. The zero-order chi connectivity index (χ0) is 29.3. The van der Waals surface area contributed by atoms with E-state index in [9.17, 15) is 9.90 Å². The van der Waals surface area contributed by atoms with Crippen LogP contribution in [0.4, 0.5) is 0 Å². The van der Waals surface area contributed by atoms with E-state index < -0.39 is 6.10 Å². The maximum Gasteiger partial charge on any atom is 0.220 e. The zero-order valence-electron chi connectivity index (χ0n) is 24.4. The highest BCUT2D eigenvalue weighted by Crippen LogP contribution is 2.31. The Balaban J connectivity index is 1.22. The number of carbonyl (C=O) groups excluding carboxylic acids is 1. The lowest BCUT2D eigenvalue weighted by molar-refractivity contribution is -0.123. The van der Waals surface area contributed by atoms with E-state index in [-0.39, 0.29) is 18.0 Å². The number of likely N-dealkylation sites (N-methyl/N-ethyl adjacent to an activating group) is 1. The van der Waals surface area contributed by atoms with Crippen LogP contribution in [0.2, 0.25) is 0 Å². The number of nitrogens with one attached hydrogen (secondary N) is 1. The summed E-state index contributed by atoms with van der Waals surface area (Å²) >= 11 is 0. The molecule has 0 bridgehead atoms. The number of benzene rings is 4. The van der Waals surface area contributed by atoms with Crippen molar-refractivity contribution >= 4 is 5.91 Å². The minimum atomic E-state index is -0.595. The van der Waals surface area contributed by atoms with Crippen LogP contribution in [0.3, 0.4) is 0 Å². The van der Waals surface area contributed by atoms with Gasteiger partial charge in [0, 0.05) is 25.4 Å². The molecule has 218 valence electrons. The third-order valence-corrected chi connectivity index (χ3v) is 8.08. The predicted molar refractivity (Wildman–Crippen MR) is 165 cm³/mol. The molecule has 4 aromatic rings. The third-order valence-electron chi connectivity index (χ3n) is 8.08. The SMILES string of the molecule is COc1ccc(CN(C)[C@H](CCC(=O)N[C@@H]2c3ccccc3C[C@@H]2O)Cc2ccc(OCc3ccccc3)cc2)cc1. The van der Waals surface area contributed by atoms with Gasteiger partial charge in [-0.3, -0.25) is 9.69 Å². The summed E-state index contributed by atoms with van der Waals surface area (Å²) in [5.74, 6) is 1.63. The van der Waals surface area contributed by atoms with Crippen molar-refractivity contribution in [3.8, 4) is 11.5 Å². The van der Waals surface area contributed by atoms with E-state index in [1.54, 1.807) is 7.11 Å².